The summed E-state index contributed by atoms with van der Waals surface area (Å²) in [6.45, 7) is 1.98. The molecule has 0 aliphatic heterocycles. The van der Waals surface area contributed by atoms with E-state index in [0.717, 1.165) is 11.8 Å². The van der Waals surface area contributed by atoms with Gasteiger partial charge >= 0.3 is 0 Å². The van der Waals surface area contributed by atoms with Gasteiger partial charge in [-0.2, -0.15) is 0 Å². The maximum absolute atomic E-state index is 11.0. The van der Waals surface area contributed by atoms with Crippen molar-refractivity contribution in [2.24, 2.45) is 0 Å². The SMILES string of the molecule is COCOC(Oc1cc(C=O)ccc1OC)c1ccc(C)cn1. The van der Waals surface area contributed by atoms with Crippen molar-refractivity contribution in [1.29, 1.82) is 0 Å². The van der Waals surface area contributed by atoms with Crippen LogP contribution in [0.25, 0.3) is 0 Å². The minimum Gasteiger partial charge on any atom is -0.493 e. The third kappa shape index (κ3) is 4.51. The first-order valence-electron chi connectivity index (χ1n) is 7.01. The molecule has 0 saturated heterocycles. The Morgan fingerprint density at radius 2 is 2.00 bits per heavy atom. The van der Waals surface area contributed by atoms with Crippen LogP contribution in [0.15, 0.2) is 36.5 Å². The van der Waals surface area contributed by atoms with Gasteiger partial charge in [-0.15, -0.1) is 0 Å². The molecule has 2 rings (SSSR count). The zero-order valence-electron chi connectivity index (χ0n) is 13.3. The zero-order chi connectivity index (χ0) is 16.7. The van der Waals surface area contributed by atoms with Gasteiger partial charge in [0.25, 0.3) is 0 Å². The van der Waals surface area contributed by atoms with Crippen molar-refractivity contribution >= 4 is 6.29 Å². The normalized spacial score (nSPS) is 11.8. The second kappa shape index (κ2) is 8.26. The van der Waals surface area contributed by atoms with E-state index in [2.05, 4.69) is 4.98 Å². The maximum Gasteiger partial charge on any atom is 0.245 e. The Hall–Kier alpha value is -2.44. The molecule has 6 nitrogen and oxygen atoms in total. The van der Waals surface area contributed by atoms with E-state index >= 15 is 0 Å². The summed E-state index contributed by atoms with van der Waals surface area (Å²) in [6.07, 6.45) is 1.67. The summed E-state index contributed by atoms with van der Waals surface area (Å²) in [5.41, 5.74) is 2.09. The van der Waals surface area contributed by atoms with Crippen molar-refractivity contribution in [3.63, 3.8) is 0 Å². The number of benzene rings is 1. The van der Waals surface area contributed by atoms with Gasteiger partial charge in [0.1, 0.15) is 12.0 Å². The molecule has 0 saturated carbocycles. The molecular formula is C17H19NO5. The smallest absolute Gasteiger partial charge is 0.245 e. The lowest BCUT2D eigenvalue weighted by atomic mass is 10.2. The van der Waals surface area contributed by atoms with Gasteiger partial charge in [0.15, 0.2) is 18.3 Å². The van der Waals surface area contributed by atoms with E-state index < -0.39 is 6.29 Å². The molecule has 1 atom stereocenters. The summed E-state index contributed by atoms with van der Waals surface area (Å²) in [4.78, 5) is 15.3. The number of hydrogen-bond acceptors (Lipinski definition) is 6. The summed E-state index contributed by atoms with van der Waals surface area (Å²) >= 11 is 0. The number of aromatic nitrogens is 1. The zero-order valence-corrected chi connectivity index (χ0v) is 13.3. The van der Waals surface area contributed by atoms with E-state index in [-0.39, 0.29) is 6.79 Å². The number of ether oxygens (including phenoxy) is 4. The van der Waals surface area contributed by atoms with Crippen LogP contribution in [0.5, 0.6) is 11.5 Å². The standard InChI is InChI=1S/C17H19NO5/c1-12-4-6-14(18-9-12)17(22-11-20-2)23-16-8-13(10-19)5-7-15(16)21-3/h4-10,17H,11H2,1-3H3. The Bertz CT molecular complexity index is 642. The predicted molar refractivity (Wildman–Crippen MR) is 83.7 cm³/mol. The van der Waals surface area contributed by atoms with Crippen LogP contribution in [0.4, 0.5) is 0 Å². The number of aldehydes is 1. The molecule has 122 valence electrons. The molecule has 0 N–H and O–H groups in total. The Balaban J connectivity index is 2.29. The van der Waals surface area contributed by atoms with E-state index in [1.54, 1.807) is 24.4 Å². The third-order valence-electron chi connectivity index (χ3n) is 3.07. The summed E-state index contributed by atoms with van der Waals surface area (Å²) in [7, 11) is 3.05. The van der Waals surface area contributed by atoms with E-state index in [9.17, 15) is 4.79 Å². The highest BCUT2D eigenvalue weighted by atomic mass is 16.7. The van der Waals surface area contributed by atoms with Crippen LogP contribution in [0, 0.1) is 6.92 Å². The minimum atomic E-state index is -0.786. The van der Waals surface area contributed by atoms with E-state index in [1.807, 2.05) is 19.1 Å². The number of pyridine rings is 1. The molecule has 0 spiro atoms. The Morgan fingerprint density at radius 3 is 2.61 bits per heavy atom. The van der Waals surface area contributed by atoms with Gasteiger partial charge < -0.3 is 18.9 Å². The van der Waals surface area contributed by atoms with E-state index in [1.165, 1.54) is 14.2 Å². The fourth-order valence-electron chi connectivity index (χ4n) is 1.90. The van der Waals surface area contributed by atoms with Crippen LogP contribution in [0.2, 0.25) is 0 Å². The molecule has 0 bridgehead atoms. The van der Waals surface area contributed by atoms with Gasteiger partial charge in [-0.25, -0.2) is 0 Å². The number of aryl methyl sites for hydroxylation is 1. The maximum atomic E-state index is 11.0. The number of methoxy groups -OCH3 is 2. The fraction of sp³-hybridized carbons (Fsp3) is 0.294. The van der Waals surface area contributed by atoms with Gasteiger partial charge in [-0.1, -0.05) is 6.07 Å². The van der Waals surface area contributed by atoms with E-state index in [0.29, 0.717) is 22.8 Å². The first kappa shape index (κ1) is 16.9. The summed E-state index contributed by atoms with van der Waals surface area (Å²) in [6, 6.07) is 8.62. The lowest BCUT2D eigenvalue weighted by molar-refractivity contribution is -0.153. The van der Waals surface area contributed by atoms with Gasteiger partial charge in [0, 0.05) is 18.9 Å². The van der Waals surface area contributed by atoms with Gasteiger partial charge in [-0.3, -0.25) is 9.78 Å². The number of carbonyl (C=O) groups excluding carboxylic acids is 1. The molecule has 23 heavy (non-hydrogen) atoms. The van der Waals surface area contributed by atoms with Crippen molar-refractivity contribution in [3.05, 3.63) is 53.3 Å². The average Bonchev–Trinajstić information content (AvgIpc) is 2.59. The second-order valence-electron chi connectivity index (χ2n) is 4.81. The van der Waals surface area contributed by atoms with Gasteiger partial charge in [-0.05, 0) is 36.8 Å². The van der Waals surface area contributed by atoms with Crippen LogP contribution >= 0.6 is 0 Å². The highest BCUT2D eigenvalue weighted by Crippen LogP contribution is 2.32. The van der Waals surface area contributed by atoms with E-state index in [4.69, 9.17) is 18.9 Å². The van der Waals surface area contributed by atoms with Crippen molar-refractivity contribution in [2.45, 2.75) is 13.2 Å². The largest absolute Gasteiger partial charge is 0.493 e. The number of nitrogens with zero attached hydrogens (tertiary/aromatic N) is 1. The lowest BCUT2D eigenvalue weighted by Gasteiger charge is -2.20. The number of rotatable bonds is 8. The predicted octanol–water partition coefficient (Wildman–Crippen LogP) is 2.91. The molecule has 0 radical (unpaired) electrons. The van der Waals surface area contributed by atoms with Crippen molar-refractivity contribution in [3.8, 4) is 11.5 Å². The second-order valence-corrected chi connectivity index (χ2v) is 4.81. The average molecular weight is 317 g/mol. The molecule has 1 heterocycles. The number of hydrogen-bond donors (Lipinski definition) is 0. The molecule has 0 aliphatic rings. The molecule has 1 unspecified atom stereocenters. The quantitative estimate of drug-likeness (QED) is 0.551. The first-order chi connectivity index (χ1) is 11.2. The monoisotopic (exact) mass is 317 g/mol. The molecule has 2 aromatic rings. The molecule has 1 aromatic carbocycles. The lowest BCUT2D eigenvalue weighted by Crippen LogP contribution is -2.15. The molecule has 6 heteroatoms. The highest BCUT2D eigenvalue weighted by Gasteiger charge is 2.18. The van der Waals surface area contributed by atoms with Crippen LogP contribution < -0.4 is 9.47 Å². The Kier molecular flexibility index (Phi) is 6.08. The summed E-state index contributed by atoms with van der Waals surface area (Å²) < 4.78 is 21.6. The van der Waals surface area contributed by atoms with Crippen LogP contribution in [0.3, 0.4) is 0 Å². The van der Waals surface area contributed by atoms with Crippen LogP contribution in [-0.2, 0) is 9.47 Å². The first-order valence-corrected chi connectivity index (χ1v) is 7.01. The Labute approximate surface area is 135 Å². The van der Waals surface area contributed by atoms with Crippen LogP contribution in [0.1, 0.15) is 27.9 Å². The van der Waals surface area contributed by atoms with Gasteiger partial charge in [0.2, 0.25) is 6.29 Å². The fourth-order valence-corrected chi connectivity index (χ4v) is 1.90. The molecule has 1 aromatic heterocycles. The molecule has 0 fully saturated rings. The number of carbonyl (C=O) groups is 1. The molecule has 0 amide bonds. The summed E-state index contributed by atoms with van der Waals surface area (Å²) in [5, 5.41) is 0. The van der Waals surface area contributed by atoms with Crippen molar-refractivity contribution in [2.75, 3.05) is 21.0 Å². The van der Waals surface area contributed by atoms with Crippen molar-refractivity contribution < 1.29 is 23.7 Å². The summed E-state index contributed by atoms with van der Waals surface area (Å²) in [5.74, 6) is 0.884. The highest BCUT2D eigenvalue weighted by molar-refractivity contribution is 5.76. The molecule has 0 aliphatic carbocycles. The van der Waals surface area contributed by atoms with Crippen molar-refractivity contribution in [1.82, 2.24) is 4.98 Å². The van der Waals surface area contributed by atoms with Gasteiger partial charge in [0.05, 0.1) is 7.11 Å². The van der Waals surface area contributed by atoms with Crippen LogP contribution in [-0.4, -0.2) is 32.3 Å². The molecular weight excluding hydrogens is 298 g/mol. The topological polar surface area (TPSA) is 66.9 Å². The minimum absolute atomic E-state index is 0.0376. The third-order valence-corrected chi connectivity index (χ3v) is 3.07. The Morgan fingerprint density at radius 1 is 1.17 bits per heavy atom.